The molecule has 2 aromatic carbocycles. The van der Waals surface area contributed by atoms with Gasteiger partial charge in [-0.25, -0.2) is 0 Å². The van der Waals surface area contributed by atoms with E-state index in [9.17, 15) is 18.1 Å². The maximum absolute atomic E-state index is 11.4. The number of phenolic OH excluding ortho intramolecular Hbond substituents is 1. The minimum atomic E-state index is -4.53. The van der Waals surface area contributed by atoms with E-state index in [1.54, 1.807) is 24.3 Å². The van der Waals surface area contributed by atoms with Crippen LogP contribution in [-0.4, -0.2) is 40.2 Å². The first-order valence-corrected chi connectivity index (χ1v) is 7.55. The van der Waals surface area contributed by atoms with Gasteiger partial charge in [-0.15, -0.1) is 15.0 Å². The smallest absolute Gasteiger partial charge is 0.298 e. The molecular weight excluding hydrogens is 310 g/mol. The molecule has 0 amide bonds. The SMILES string of the molecule is COc1cc(O)c(-n2nc3ccccc3n2)cc1S(=O)(=O)O. The maximum atomic E-state index is 11.4. The number of benzene rings is 2. The first-order chi connectivity index (χ1) is 10.4. The maximum Gasteiger partial charge on any atom is 0.298 e. The number of aromatic nitrogens is 3. The molecular formula is C13H11N3O5S. The quantitative estimate of drug-likeness (QED) is 0.700. The number of hydrogen-bond donors (Lipinski definition) is 2. The van der Waals surface area contributed by atoms with Gasteiger partial charge in [-0.1, -0.05) is 12.1 Å². The third-order valence-corrected chi connectivity index (χ3v) is 3.92. The number of nitrogens with zero attached hydrogens (tertiary/aromatic N) is 3. The van der Waals surface area contributed by atoms with Gasteiger partial charge in [0.25, 0.3) is 10.1 Å². The Morgan fingerprint density at radius 3 is 2.23 bits per heavy atom. The molecule has 2 N–H and O–H groups in total. The molecule has 0 spiro atoms. The van der Waals surface area contributed by atoms with E-state index in [1.807, 2.05) is 0 Å². The van der Waals surface area contributed by atoms with Crippen molar-refractivity contribution in [2.75, 3.05) is 7.11 Å². The Kier molecular flexibility index (Phi) is 3.23. The molecule has 0 bridgehead atoms. The van der Waals surface area contributed by atoms with E-state index in [0.29, 0.717) is 11.0 Å². The van der Waals surface area contributed by atoms with Crippen molar-refractivity contribution >= 4 is 21.2 Å². The van der Waals surface area contributed by atoms with Gasteiger partial charge in [0.1, 0.15) is 33.1 Å². The molecule has 22 heavy (non-hydrogen) atoms. The van der Waals surface area contributed by atoms with Crippen LogP contribution in [0.25, 0.3) is 16.7 Å². The highest BCUT2D eigenvalue weighted by atomic mass is 32.2. The van der Waals surface area contributed by atoms with Gasteiger partial charge in [-0.3, -0.25) is 4.55 Å². The Labute approximate surface area is 125 Å². The zero-order chi connectivity index (χ0) is 15.9. The van der Waals surface area contributed by atoms with Crippen molar-refractivity contribution in [1.82, 2.24) is 15.0 Å². The van der Waals surface area contributed by atoms with Gasteiger partial charge in [-0.05, 0) is 18.2 Å². The van der Waals surface area contributed by atoms with Crippen molar-refractivity contribution in [3.63, 3.8) is 0 Å². The molecule has 0 radical (unpaired) electrons. The monoisotopic (exact) mass is 321 g/mol. The van der Waals surface area contributed by atoms with E-state index in [1.165, 1.54) is 7.11 Å². The van der Waals surface area contributed by atoms with Crippen molar-refractivity contribution in [1.29, 1.82) is 0 Å². The Bertz CT molecular complexity index is 932. The fourth-order valence-electron chi connectivity index (χ4n) is 2.03. The van der Waals surface area contributed by atoms with Crippen molar-refractivity contribution < 1.29 is 22.8 Å². The number of aromatic hydroxyl groups is 1. The van der Waals surface area contributed by atoms with Crippen LogP contribution in [-0.2, 0) is 10.1 Å². The van der Waals surface area contributed by atoms with Gasteiger partial charge in [0.15, 0.2) is 0 Å². The summed E-state index contributed by atoms with van der Waals surface area (Å²) in [5.41, 5.74) is 1.15. The fourth-order valence-corrected chi connectivity index (χ4v) is 2.68. The molecule has 9 heteroatoms. The van der Waals surface area contributed by atoms with E-state index in [0.717, 1.165) is 16.9 Å². The molecule has 114 valence electrons. The largest absolute Gasteiger partial charge is 0.505 e. The van der Waals surface area contributed by atoms with Crippen molar-refractivity contribution in [2.45, 2.75) is 4.90 Å². The molecule has 0 unspecified atom stereocenters. The van der Waals surface area contributed by atoms with Crippen molar-refractivity contribution in [3.8, 4) is 17.2 Å². The molecule has 8 nitrogen and oxygen atoms in total. The lowest BCUT2D eigenvalue weighted by Gasteiger charge is -2.10. The molecule has 3 rings (SSSR count). The van der Waals surface area contributed by atoms with E-state index >= 15 is 0 Å². The molecule has 0 aliphatic carbocycles. The molecule has 0 aliphatic rings. The third kappa shape index (κ3) is 2.36. The number of methoxy groups -OCH3 is 1. The fraction of sp³-hybridized carbons (Fsp3) is 0.0769. The van der Waals surface area contributed by atoms with E-state index in [-0.39, 0.29) is 17.2 Å². The van der Waals surface area contributed by atoms with Crippen LogP contribution in [0.5, 0.6) is 11.5 Å². The van der Waals surface area contributed by atoms with Crippen LogP contribution in [0.4, 0.5) is 0 Å². The highest BCUT2D eigenvalue weighted by molar-refractivity contribution is 7.86. The Hall–Kier alpha value is -2.65. The van der Waals surface area contributed by atoms with Crippen molar-refractivity contribution in [3.05, 3.63) is 36.4 Å². The van der Waals surface area contributed by atoms with Crippen LogP contribution in [0, 0.1) is 0 Å². The molecule has 3 aromatic rings. The average Bonchev–Trinajstić information content (AvgIpc) is 2.89. The van der Waals surface area contributed by atoms with E-state index < -0.39 is 15.0 Å². The second-order valence-corrected chi connectivity index (χ2v) is 5.83. The first-order valence-electron chi connectivity index (χ1n) is 6.11. The lowest BCUT2D eigenvalue weighted by Crippen LogP contribution is -2.05. The molecule has 0 saturated heterocycles. The summed E-state index contributed by atoms with van der Waals surface area (Å²) < 4.78 is 37.0. The Morgan fingerprint density at radius 2 is 1.73 bits per heavy atom. The normalized spacial score (nSPS) is 11.7. The van der Waals surface area contributed by atoms with Crippen LogP contribution in [0.3, 0.4) is 0 Å². The number of ether oxygens (including phenoxy) is 1. The predicted molar refractivity (Wildman–Crippen MR) is 76.9 cm³/mol. The number of phenols is 1. The molecule has 0 saturated carbocycles. The Morgan fingerprint density at radius 1 is 1.14 bits per heavy atom. The molecule has 1 heterocycles. The van der Waals surface area contributed by atoms with Crippen LogP contribution >= 0.6 is 0 Å². The molecule has 0 aliphatic heterocycles. The van der Waals surface area contributed by atoms with Gasteiger partial charge in [0.05, 0.1) is 7.11 Å². The summed E-state index contributed by atoms with van der Waals surface area (Å²) in [5.74, 6) is -0.468. The second-order valence-electron chi connectivity index (χ2n) is 4.45. The number of hydrogen-bond acceptors (Lipinski definition) is 6. The van der Waals surface area contributed by atoms with E-state index in [4.69, 9.17) is 4.74 Å². The van der Waals surface area contributed by atoms with Gasteiger partial charge in [-0.2, -0.15) is 8.42 Å². The zero-order valence-corrected chi connectivity index (χ0v) is 12.1. The highest BCUT2D eigenvalue weighted by Gasteiger charge is 2.21. The highest BCUT2D eigenvalue weighted by Crippen LogP contribution is 2.33. The second kappa shape index (κ2) is 4.97. The summed E-state index contributed by atoms with van der Waals surface area (Å²) in [4.78, 5) is 0.609. The topological polar surface area (TPSA) is 115 Å². The van der Waals surface area contributed by atoms with Crippen LogP contribution in [0.15, 0.2) is 41.3 Å². The zero-order valence-electron chi connectivity index (χ0n) is 11.3. The van der Waals surface area contributed by atoms with Gasteiger partial charge in [0, 0.05) is 6.07 Å². The van der Waals surface area contributed by atoms with Gasteiger partial charge < -0.3 is 9.84 Å². The predicted octanol–water partition coefficient (Wildman–Crippen LogP) is 1.38. The summed E-state index contributed by atoms with van der Waals surface area (Å²) in [5, 5.41) is 18.3. The summed E-state index contributed by atoms with van der Waals surface area (Å²) in [6.45, 7) is 0. The van der Waals surface area contributed by atoms with E-state index in [2.05, 4.69) is 10.2 Å². The minimum absolute atomic E-state index is 0.00428. The molecule has 1 aromatic heterocycles. The van der Waals surface area contributed by atoms with Crippen LogP contribution in [0.1, 0.15) is 0 Å². The van der Waals surface area contributed by atoms with Crippen LogP contribution in [0.2, 0.25) is 0 Å². The summed E-state index contributed by atoms with van der Waals surface area (Å²) in [6.07, 6.45) is 0. The minimum Gasteiger partial charge on any atom is -0.505 e. The summed E-state index contributed by atoms with van der Waals surface area (Å²) in [6, 6.07) is 9.12. The number of rotatable bonds is 3. The average molecular weight is 321 g/mol. The standard InChI is InChI=1S/C13H11N3O5S/c1-21-12-7-11(17)10(6-13(12)22(18,19)20)16-14-8-4-2-3-5-9(8)15-16/h2-7,17H,1H3,(H,18,19,20). The first kappa shape index (κ1) is 14.3. The molecule has 0 fully saturated rings. The summed E-state index contributed by atoms with van der Waals surface area (Å²) >= 11 is 0. The summed E-state index contributed by atoms with van der Waals surface area (Å²) in [7, 11) is -3.30. The van der Waals surface area contributed by atoms with Crippen molar-refractivity contribution in [2.24, 2.45) is 0 Å². The van der Waals surface area contributed by atoms with Gasteiger partial charge >= 0.3 is 0 Å². The van der Waals surface area contributed by atoms with Crippen LogP contribution < -0.4 is 4.74 Å². The lowest BCUT2D eigenvalue weighted by atomic mass is 10.3. The Balaban J connectivity index is 2.26. The third-order valence-electron chi connectivity index (χ3n) is 3.04. The lowest BCUT2D eigenvalue weighted by molar-refractivity contribution is 0.390. The van der Waals surface area contributed by atoms with Gasteiger partial charge in [0.2, 0.25) is 0 Å². The number of fused-ring (bicyclic) bond motifs is 1. The molecule has 0 atom stereocenters.